The zero-order valence-corrected chi connectivity index (χ0v) is 9.90. The number of nitrogens with zero attached hydrogens (tertiary/aromatic N) is 2. The summed E-state index contributed by atoms with van der Waals surface area (Å²) >= 11 is 0. The molecule has 3 heteroatoms. The molecule has 2 atom stereocenters. The van der Waals surface area contributed by atoms with Gasteiger partial charge in [0.25, 0.3) is 0 Å². The van der Waals surface area contributed by atoms with E-state index in [4.69, 9.17) is 5.73 Å². The Morgan fingerprint density at radius 1 is 1.53 bits per heavy atom. The van der Waals surface area contributed by atoms with Crippen molar-refractivity contribution >= 4 is 0 Å². The highest BCUT2D eigenvalue weighted by atomic mass is 15.3. The fourth-order valence-electron chi connectivity index (χ4n) is 2.55. The summed E-state index contributed by atoms with van der Waals surface area (Å²) < 4.78 is 2.06. The van der Waals surface area contributed by atoms with Gasteiger partial charge in [-0.05, 0) is 30.7 Å². The summed E-state index contributed by atoms with van der Waals surface area (Å²) in [5.41, 5.74) is 7.79. The molecule has 1 saturated carbocycles. The van der Waals surface area contributed by atoms with Crippen molar-refractivity contribution in [1.82, 2.24) is 9.78 Å². The van der Waals surface area contributed by atoms with Crippen LogP contribution in [0.15, 0.2) is 12.4 Å². The summed E-state index contributed by atoms with van der Waals surface area (Å²) in [6.07, 6.45) is 7.65. The molecule has 1 aliphatic carbocycles. The van der Waals surface area contributed by atoms with Crippen LogP contribution in [0.3, 0.4) is 0 Å². The van der Waals surface area contributed by atoms with Gasteiger partial charge >= 0.3 is 0 Å². The predicted octanol–water partition coefficient (Wildman–Crippen LogP) is 2.27. The van der Waals surface area contributed by atoms with Crippen molar-refractivity contribution in [2.24, 2.45) is 11.1 Å². The van der Waals surface area contributed by atoms with Crippen LogP contribution in [0.1, 0.15) is 44.7 Å². The van der Waals surface area contributed by atoms with Crippen LogP contribution >= 0.6 is 0 Å². The molecule has 0 amide bonds. The molecule has 1 aromatic heterocycles. The molecule has 1 heterocycles. The average Bonchev–Trinajstić information content (AvgIpc) is 2.57. The van der Waals surface area contributed by atoms with Gasteiger partial charge in [-0.25, -0.2) is 0 Å². The highest BCUT2D eigenvalue weighted by Crippen LogP contribution is 2.39. The van der Waals surface area contributed by atoms with Gasteiger partial charge in [0.15, 0.2) is 0 Å². The predicted molar refractivity (Wildman–Crippen MR) is 61.6 cm³/mol. The van der Waals surface area contributed by atoms with Crippen LogP contribution in [0.25, 0.3) is 0 Å². The van der Waals surface area contributed by atoms with Crippen molar-refractivity contribution in [2.75, 3.05) is 0 Å². The molecule has 84 valence electrons. The molecule has 1 aromatic rings. The molecule has 3 nitrogen and oxygen atoms in total. The molecule has 0 radical (unpaired) electrons. The summed E-state index contributed by atoms with van der Waals surface area (Å²) in [6.45, 7) is 6.60. The van der Waals surface area contributed by atoms with Gasteiger partial charge in [-0.3, -0.25) is 4.68 Å². The van der Waals surface area contributed by atoms with Crippen molar-refractivity contribution in [3.63, 3.8) is 0 Å². The molecule has 1 aliphatic rings. The fraction of sp³-hybridized carbons (Fsp3) is 0.750. The monoisotopic (exact) mass is 207 g/mol. The highest BCUT2D eigenvalue weighted by Gasteiger charge is 2.37. The van der Waals surface area contributed by atoms with Gasteiger partial charge in [0, 0.05) is 12.2 Å². The Hall–Kier alpha value is -0.830. The van der Waals surface area contributed by atoms with Crippen LogP contribution in [0.4, 0.5) is 0 Å². The number of hydrogen-bond acceptors (Lipinski definition) is 2. The van der Waals surface area contributed by atoms with E-state index in [1.54, 1.807) is 0 Å². The molecule has 1 fully saturated rings. The van der Waals surface area contributed by atoms with E-state index in [1.165, 1.54) is 18.4 Å². The maximum atomic E-state index is 6.34. The average molecular weight is 207 g/mol. The molecule has 0 saturated heterocycles. The topological polar surface area (TPSA) is 43.8 Å². The van der Waals surface area contributed by atoms with Crippen LogP contribution in [0.5, 0.6) is 0 Å². The maximum Gasteiger partial charge on any atom is 0.0675 e. The Bertz CT molecular complexity index is 340. The zero-order valence-electron chi connectivity index (χ0n) is 9.90. The lowest BCUT2D eigenvalue weighted by molar-refractivity contribution is 0.135. The van der Waals surface area contributed by atoms with E-state index < -0.39 is 0 Å². The van der Waals surface area contributed by atoms with Crippen LogP contribution < -0.4 is 5.73 Å². The smallest absolute Gasteiger partial charge is 0.0675 e. The zero-order chi connectivity index (χ0) is 11.1. The number of aryl methyl sites for hydroxylation is 1. The Kier molecular flexibility index (Phi) is 2.59. The first kappa shape index (κ1) is 10.7. The summed E-state index contributed by atoms with van der Waals surface area (Å²) in [4.78, 5) is 0. The van der Waals surface area contributed by atoms with E-state index >= 15 is 0 Å². The largest absolute Gasteiger partial charge is 0.325 e. The normalized spacial score (nSPS) is 30.4. The van der Waals surface area contributed by atoms with Crippen LogP contribution in [-0.4, -0.2) is 15.8 Å². The lowest BCUT2D eigenvalue weighted by Gasteiger charge is -2.41. The molecule has 0 bridgehead atoms. The molecule has 0 spiro atoms. The van der Waals surface area contributed by atoms with E-state index in [0.717, 1.165) is 6.42 Å². The number of aromatic nitrogens is 2. The Labute approximate surface area is 91.7 Å². The van der Waals surface area contributed by atoms with Gasteiger partial charge in [-0.15, -0.1) is 0 Å². The maximum absolute atomic E-state index is 6.34. The van der Waals surface area contributed by atoms with Crippen LogP contribution in [-0.2, 0) is 0 Å². The number of rotatable bonds is 1. The van der Waals surface area contributed by atoms with E-state index in [2.05, 4.69) is 36.7 Å². The first-order valence-corrected chi connectivity index (χ1v) is 5.77. The second kappa shape index (κ2) is 3.63. The first-order chi connectivity index (χ1) is 7.00. The molecule has 0 aromatic carbocycles. The third kappa shape index (κ3) is 1.93. The van der Waals surface area contributed by atoms with Crippen LogP contribution in [0.2, 0.25) is 0 Å². The second-order valence-electron chi connectivity index (χ2n) is 5.47. The van der Waals surface area contributed by atoms with E-state index in [9.17, 15) is 0 Å². The second-order valence-corrected chi connectivity index (χ2v) is 5.47. The molecule has 15 heavy (non-hydrogen) atoms. The summed E-state index contributed by atoms with van der Waals surface area (Å²) in [6, 6.07) is 0.591. The van der Waals surface area contributed by atoms with Crippen molar-refractivity contribution in [2.45, 2.75) is 52.1 Å². The summed E-state index contributed by atoms with van der Waals surface area (Å²) in [5.74, 6) is 0. The summed E-state index contributed by atoms with van der Waals surface area (Å²) in [7, 11) is 0. The minimum Gasteiger partial charge on any atom is -0.325 e. The Morgan fingerprint density at radius 2 is 2.27 bits per heavy atom. The minimum atomic E-state index is 0.213. The first-order valence-electron chi connectivity index (χ1n) is 5.77. The van der Waals surface area contributed by atoms with E-state index in [-0.39, 0.29) is 11.5 Å². The fourth-order valence-corrected chi connectivity index (χ4v) is 2.55. The third-order valence-electron chi connectivity index (χ3n) is 3.71. The lowest BCUT2D eigenvalue weighted by atomic mass is 9.71. The highest BCUT2D eigenvalue weighted by molar-refractivity contribution is 5.03. The van der Waals surface area contributed by atoms with Crippen molar-refractivity contribution in [3.05, 3.63) is 18.0 Å². The SMILES string of the molecule is Cc1cnn(C2CCCC(C)(C)C2N)c1. The van der Waals surface area contributed by atoms with Gasteiger partial charge in [0.2, 0.25) is 0 Å². The van der Waals surface area contributed by atoms with Crippen molar-refractivity contribution < 1.29 is 0 Å². The van der Waals surface area contributed by atoms with E-state index in [1.807, 2.05) is 6.20 Å². The van der Waals surface area contributed by atoms with Crippen LogP contribution in [0, 0.1) is 12.3 Å². The Morgan fingerprint density at radius 3 is 2.87 bits per heavy atom. The lowest BCUT2D eigenvalue weighted by Crippen LogP contribution is -2.47. The number of nitrogens with two attached hydrogens (primary N) is 1. The van der Waals surface area contributed by atoms with Gasteiger partial charge in [0.1, 0.15) is 0 Å². The molecule has 0 aliphatic heterocycles. The third-order valence-corrected chi connectivity index (χ3v) is 3.71. The molecule has 2 N–H and O–H groups in total. The standard InChI is InChI=1S/C12H21N3/c1-9-7-14-15(8-9)10-5-4-6-12(2,3)11(10)13/h7-8,10-11H,4-6,13H2,1-3H3. The molecule has 2 rings (SSSR count). The molecule has 2 unspecified atom stereocenters. The van der Waals surface area contributed by atoms with Crippen molar-refractivity contribution in [3.8, 4) is 0 Å². The van der Waals surface area contributed by atoms with Gasteiger partial charge in [-0.2, -0.15) is 5.10 Å². The van der Waals surface area contributed by atoms with Gasteiger partial charge in [0.05, 0.1) is 12.2 Å². The Balaban J connectivity index is 2.22. The van der Waals surface area contributed by atoms with Crippen molar-refractivity contribution in [1.29, 1.82) is 0 Å². The van der Waals surface area contributed by atoms with Gasteiger partial charge in [-0.1, -0.05) is 20.3 Å². The molecular weight excluding hydrogens is 186 g/mol. The minimum absolute atomic E-state index is 0.213. The van der Waals surface area contributed by atoms with Gasteiger partial charge < -0.3 is 5.73 Å². The van der Waals surface area contributed by atoms with E-state index in [0.29, 0.717) is 6.04 Å². The number of hydrogen-bond donors (Lipinski definition) is 1. The quantitative estimate of drug-likeness (QED) is 0.767. The summed E-state index contributed by atoms with van der Waals surface area (Å²) in [5, 5.41) is 4.39. The molecular formula is C12H21N3.